The predicted octanol–water partition coefficient (Wildman–Crippen LogP) is 4.92. The van der Waals surface area contributed by atoms with E-state index in [-0.39, 0.29) is 6.03 Å². The van der Waals surface area contributed by atoms with E-state index < -0.39 is 6.04 Å². The van der Waals surface area contributed by atoms with Gasteiger partial charge in [0.1, 0.15) is 5.75 Å². The molecule has 1 unspecified atom stereocenters. The molecule has 3 aromatic rings. The highest BCUT2D eigenvalue weighted by atomic mass is 35.5. The lowest BCUT2D eigenvalue weighted by atomic mass is 9.95. The summed E-state index contributed by atoms with van der Waals surface area (Å²) in [6.45, 7) is 4.33. The van der Waals surface area contributed by atoms with Crippen LogP contribution in [0, 0.1) is 0 Å². The monoisotopic (exact) mass is 424 g/mol. The Labute approximate surface area is 179 Å². The van der Waals surface area contributed by atoms with Crippen LogP contribution in [0.3, 0.4) is 0 Å². The van der Waals surface area contributed by atoms with Gasteiger partial charge < -0.3 is 14.6 Å². The van der Waals surface area contributed by atoms with Gasteiger partial charge in [-0.05, 0) is 55.8 Å². The van der Waals surface area contributed by atoms with E-state index >= 15 is 0 Å². The van der Waals surface area contributed by atoms with E-state index in [1.54, 1.807) is 24.1 Å². The Morgan fingerprint density at radius 3 is 2.50 bits per heavy atom. The number of nitrogens with zero attached hydrogens (tertiary/aromatic N) is 3. The molecule has 4 rings (SSSR count). The van der Waals surface area contributed by atoms with Crippen molar-refractivity contribution >= 4 is 23.2 Å². The van der Waals surface area contributed by atoms with Crippen molar-refractivity contribution in [1.29, 1.82) is 0 Å². The van der Waals surface area contributed by atoms with Crippen LogP contribution in [0.4, 0.5) is 4.79 Å². The van der Waals surface area contributed by atoms with E-state index in [0.29, 0.717) is 23.3 Å². The molecule has 0 saturated carbocycles. The van der Waals surface area contributed by atoms with Crippen LogP contribution in [0.25, 0.3) is 17.0 Å². The Bertz CT molecular complexity index is 1090. The molecule has 0 bridgehead atoms. The molecule has 1 atom stereocenters. The number of allylic oxidation sites excluding steroid dienone is 1. The summed E-state index contributed by atoms with van der Waals surface area (Å²) in [6.07, 6.45) is 0. The fourth-order valence-electron chi connectivity index (χ4n) is 3.53. The lowest BCUT2D eigenvalue weighted by molar-refractivity contribution is 0.207. The number of halogens is 1. The SMILES string of the molecule is CCN1C(=O)NC(c2ccc(Cl)cc2)C(c2nc(-c3ccc(OC)cc3)no2)=C1C. The van der Waals surface area contributed by atoms with Gasteiger partial charge in [-0.25, -0.2) is 4.79 Å². The zero-order valence-corrected chi connectivity index (χ0v) is 17.6. The number of carbonyl (C=O) groups excluding carboxylic acids is 1. The van der Waals surface area contributed by atoms with Crippen LogP contribution in [-0.4, -0.2) is 34.7 Å². The zero-order chi connectivity index (χ0) is 21.3. The first-order valence-corrected chi connectivity index (χ1v) is 9.92. The fraction of sp³-hybridized carbons (Fsp3) is 0.227. The van der Waals surface area contributed by atoms with Crippen LogP contribution >= 0.6 is 11.6 Å². The molecule has 1 N–H and O–H groups in total. The van der Waals surface area contributed by atoms with E-state index in [1.165, 1.54) is 0 Å². The molecule has 7 nitrogen and oxygen atoms in total. The second-order valence-electron chi connectivity index (χ2n) is 6.83. The number of urea groups is 1. The van der Waals surface area contributed by atoms with E-state index in [4.69, 9.17) is 20.9 Å². The number of ether oxygens (including phenoxy) is 1. The van der Waals surface area contributed by atoms with Crippen molar-refractivity contribution in [3.05, 3.63) is 70.7 Å². The highest BCUT2D eigenvalue weighted by Gasteiger charge is 2.35. The van der Waals surface area contributed by atoms with Gasteiger partial charge in [0.15, 0.2) is 0 Å². The molecule has 2 heterocycles. The number of hydrogen-bond acceptors (Lipinski definition) is 5. The first-order chi connectivity index (χ1) is 14.5. The average Bonchev–Trinajstić information content (AvgIpc) is 3.24. The van der Waals surface area contributed by atoms with Crippen LogP contribution in [0.15, 0.2) is 58.8 Å². The number of hydrogen-bond donors (Lipinski definition) is 1. The average molecular weight is 425 g/mol. The summed E-state index contributed by atoms with van der Waals surface area (Å²) in [5.74, 6) is 1.57. The maximum absolute atomic E-state index is 12.6. The maximum Gasteiger partial charge on any atom is 0.322 e. The molecule has 0 saturated heterocycles. The predicted molar refractivity (Wildman–Crippen MR) is 114 cm³/mol. The van der Waals surface area contributed by atoms with Gasteiger partial charge in [0, 0.05) is 22.8 Å². The van der Waals surface area contributed by atoms with Gasteiger partial charge >= 0.3 is 6.03 Å². The highest BCUT2D eigenvalue weighted by molar-refractivity contribution is 6.30. The highest BCUT2D eigenvalue weighted by Crippen LogP contribution is 2.37. The number of rotatable bonds is 5. The smallest absolute Gasteiger partial charge is 0.322 e. The van der Waals surface area contributed by atoms with Crippen molar-refractivity contribution in [2.75, 3.05) is 13.7 Å². The number of aromatic nitrogens is 2. The van der Waals surface area contributed by atoms with E-state index in [0.717, 1.165) is 28.1 Å². The van der Waals surface area contributed by atoms with Crippen LogP contribution < -0.4 is 10.1 Å². The molecule has 2 aromatic carbocycles. The summed E-state index contributed by atoms with van der Waals surface area (Å²) in [5, 5.41) is 7.81. The quantitative estimate of drug-likeness (QED) is 0.629. The third-order valence-corrected chi connectivity index (χ3v) is 5.37. The second kappa shape index (κ2) is 8.20. The molecule has 8 heteroatoms. The third kappa shape index (κ3) is 3.64. The summed E-state index contributed by atoms with van der Waals surface area (Å²) in [5.41, 5.74) is 3.21. The van der Waals surface area contributed by atoms with Gasteiger partial charge in [0.2, 0.25) is 5.82 Å². The summed E-state index contributed by atoms with van der Waals surface area (Å²) < 4.78 is 10.8. The molecule has 0 fully saturated rings. The minimum absolute atomic E-state index is 0.173. The van der Waals surface area contributed by atoms with Crippen LogP contribution in [-0.2, 0) is 0 Å². The van der Waals surface area contributed by atoms with Gasteiger partial charge in [-0.15, -0.1) is 0 Å². The minimum Gasteiger partial charge on any atom is -0.497 e. The van der Waals surface area contributed by atoms with Crippen molar-refractivity contribution in [3.8, 4) is 17.1 Å². The second-order valence-corrected chi connectivity index (χ2v) is 7.27. The lowest BCUT2D eigenvalue weighted by Gasteiger charge is -2.34. The van der Waals surface area contributed by atoms with Crippen LogP contribution in [0.2, 0.25) is 5.02 Å². The topological polar surface area (TPSA) is 80.5 Å². The van der Waals surface area contributed by atoms with E-state index in [9.17, 15) is 4.79 Å². The lowest BCUT2D eigenvalue weighted by Crippen LogP contribution is -2.45. The summed E-state index contributed by atoms with van der Waals surface area (Å²) in [4.78, 5) is 18.9. The Hall–Kier alpha value is -3.32. The molecule has 0 spiro atoms. The standard InChI is InChI=1S/C22H21ClN4O3/c1-4-27-13(2)18(19(24-22(27)28)14-5-9-16(23)10-6-14)21-25-20(26-30-21)15-7-11-17(29-3)12-8-15/h5-12,19H,4H2,1-3H3,(H,24,28). The Morgan fingerprint density at radius 1 is 1.17 bits per heavy atom. The molecule has 1 aliphatic heterocycles. The first-order valence-electron chi connectivity index (χ1n) is 9.54. The van der Waals surface area contributed by atoms with Crippen molar-refractivity contribution in [2.24, 2.45) is 0 Å². The molecule has 30 heavy (non-hydrogen) atoms. The fourth-order valence-corrected chi connectivity index (χ4v) is 3.66. The largest absolute Gasteiger partial charge is 0.497 e. The zero-order valence-electron chi connectivity index (χ0n) is 16.8. The van der Waals surface area contributed by atoms with Crippen molar-refractivity contribution < 1.29 is 14.1 Å². The van der Waals surface area contributed by atoms with E-state index in [2.05, 4.69) is 15.5 Å². The van der Waals surface area contributed by atoms with Gasteiger partial charge in [0.25, 0.3) is 5.89 Å². The molecule has 0 aliphatic carbocycles. The Morgan fingerprint density at radius 2 is 1.87 bits per heavy atom. The van der Waals surface area contributed by atoms with Gasteiger partial charge in [-0.1, -0.05) is 28.9 Å². The number of methoxy groups -OCH3 is 1. The number of carbonyl (C=O) groups is 1. The van der Waals surface area contributed by atoms with Crippen LogP contribution in [0.5, 0.6) is 5.75 Å². The van der Waals surface area contributed by atoms with Gasteiger partial charge in [0.05, 0.1) is 18.7 Å². The van der Waals surface area contributed by atoms with Gasteiger partial charge in [-0.2, -0.15) is 4.98 Å². The third-order valence-electron chi connectivity index (χ3n) is 5.12. The maximum atomic E-state index is 12.6. The summed E-state index contributed by atoms with van der Waals surface area (Å²) in [7, 11) is 1.62. The van der Waals surface area contributed by atoms with E-state index in [1.807, 2.05) is 50.2 Å². The molecular formula is C22H21ClN4O3. The molecule has 154 valence electrons. The summed E-state index contributed by atoms with van der Waals surface area (Å²) in [6, 6.07) is 14.1. The van der Waals surface area contributed by atoms with Crippen molar-refractivity contribution in [2.45, 2.75) is 19.9 Å². The normalized spacial score (nSPS) is 16.6. The molecule has 0 radical (unpaired) electrons. The number of benzene rings is 2. The Balaban J connectivity index is 1.78. The molecule has 1 aromatic heterocycles. The van der Waals surface area contributed by atoms with Crippen LogP contribution in [0.1, 0.15) is 31.3 Å². The molecular weight excluding hydrogens is 404 g/mol. The number of nitrogens with one attached hydrogen (secondary N) is 1. The molecule has 1 aliphatic rings. The van der Waals surface area contributed by atoms with Crippen molar-refractivity contribution in [1.82, 2.24) is 20.4 Å². The number of amides is 2. The minimum atomic E-state index is -0.429. The van der Waals surface area contributed by atoms with Crippen molar-refractivity contribution in [3.63, 3.8) is 0 Å². The van der Waals surface area contributed by atoms with Gasteiger partial charge in [-0.3, -0.25) is 4.90 Å². The molecule has 2 amide bonds. The first kappa shape index (κ1) is 20.0. The Kier molecular flexibility index (Phi) is 5.46. The summed E-state index contributed by atoms with van der Waals surface area (Å²) >= 11 is 6.04.